The number of hydrogen-bond acceptors (Lipinski definition) is 3. The predicted molar refractivity (Wildman–Crippen MR) is 68.5 cm³/mol. The molecule has 2 unspecified atom stereocenters. The Morgan fingerprint density at radius 1 is 1.40 bits per heavy atom. The molecule has 1 saturated carbocycles. The average molecular weight is 228 g/mol. The van der Waals surface area contributed by atoms with Crippen LogP contribution in [0.25, 0.3) is 0 Å². The van der Waals surface area contributed by atoms with Gasteiger partial charge in [0, 0.05) is 37.5 Å². The number of thioether (sulfide) groups is 1. The minimum atomic E-state index is 0.784. The molecule has 88 valence electrons. The van der Waals surface area contributed by atoms with Crippen LogP contribution in [0.3, 0.4) is 0 Å². The predicted octanol–water partition coefficient (Wildman–Crippen LogP) is 1.81. The van der Waals surface area contributed by atoms with Crippen molar-refractivity contribution in [1.29, 1.82) is 0 Å². The van der Waals surface area contributed by atoms with E-state index in [1.54, 1.807) is 0 Å². The molecule has 1 N–H and O–H groups in total. The molecule has 0 radical (unpaired) electrons. The summed E-state index contributed by atoms with van der Waals surface area (Å²) >= 11 is 1.97. The lowest BCUT2D eigenvalue weighted by Crippen LogP contribution is -2.57. The quantitative estimate of drug-likeness (QED) is 0.772. The summed E-state index contributed by atoms with van der Waals surface area (Å²) in [5, 5.41) is 3.74. The molecule has 2 aliphatic rings. The van der Waals surface area contributed by atoms with Gasteiger partial charge in [0.1, 0.15) is 0 Å². The van der Waals surface area contributed by atoms with Gasteiger partial charge in [0.2, 0.25) is 0 Å². The van der Waals surface area contributed by atoms with Gasteiger partial charge in [-0.3, -0.25) is 4.90 Å². The zero-order valence-electron chi connectivity index (χ0n) is 10.0. The molecule has 0 spiro atoms. The van der Waals surface area contributed by atoms with Gasteiger partial charge in [-0.25, -0.2) is 0 Å². The molecule has 2 fully saturated rings. The van der Waals surface area contributed by atoms with E-state index in [0.29, 0.717) is 0 Å². The maximum atomic E-state index is 3.74. The highest BCUT2D eigenvalue weighted by Gasteiger charge is 2.36. The fraction of sp³-hybridized carbons (Fsp3) is 1.00. The van der Waals surface area contributed by atoms with E-state index >= 15 is 0 Å². The van der Waals surface area contributed by atoms with E-state index in [1.165, 1.54) is 44.6 Å². The molecule has 1 heterocycles. The van der Waals surface area contributed by atoms with Crippen molar-refractivity contribution in [1.82, 2.24) is 10.2 Å². The van der Waals surface area contributed by atoms with Crippen LogP contribution in [0.1, 0.15) is 26.2 Å². The van der Waals surface area contributed by atoms with Gasteiger partial charge in [0.25, 0.3) is 0 Å². The van der Waals surface area contributed by atoms with Crippen LogP contribution < -0.4 is 5.32 Å². The van der Waals surface area contributed by atoms with Crippen molar-refractivity contribution in [3.63, 3.8) is 0 Å². The Balaban J connectivity index is 1.83. The summed E-state index contributed by atoms with van der Waals surface area (Å²) in [6, 6.07) is 1.59. The summed E-state index contributed by atoms with van der Waals surface area (Å²) in [4.78, 5) is 2.72. The third-order valence-electron chi connectivity index (χ3n) is 3.81. The fourth-order valence-electron chi connectivity index (χ4n) is 2.58. The second kappa shape index (κ2) is 5.55. The van der Waals surface area contributed by atoms with Gasteiger partial charge in [-0.15, -0.1) is 0 Å². The Hall–Kier alpha value is 0.270. The van der Waals surface area contributed by atoms with Crippen molar-refractivity contribution >= 4 is 11.8 Å². The third-order valence-corrected chi connectivity index (χ3v) is 4.40. The zero-order valence-corrected chi connectivity index (χ0v) is 10.9. The first-order chi connectivity index (χ1) is 7.35. The summed E-state index contributed by atoms with van der Waals surface area (Å²) in [7, 11) is 0. The minimum Gasteiger partial charge on any atom is -0.311 e. The SMILES string of the molecule is CCC1CNC(C2CC2)CN1CCSC. The van der Waals surface area contributed by atoms with Crippen LogP contribution in [0.5, 0.6) is 0 Å². The van der Waals surface area contributed by atoms with Crippen molar-refractivity contribution in [2.24, 2.45) is 5.92 Å². The standard InChI is InChI=1S/C12H24N2S/c1-3-11-8-13-12(10-4-5-10)9-14(11)6-7-15-2/h10-13H,3-9H2,1-2H3. The van der Waals surface area contributed by atoms with Crippen LogP contribution in [0.4, 0.5) is 0 Å². The fourth-order valence-corrected chi connectivity index (χ4v) is 3.00. The molecule has 0 amide bonds. The molecule has 0 aromatic rings. The second-order valence-electron chi connectivity index (χ2n) is 4.90. The van der Waals surface area contributed by atoms with Crippen LogP contribution in [-0.2, 0) is 0 Å². The Labute approximate surface area is 98.2 Å². The lowest BCUT2D eigenvalue weighted by atomic mass is 10.0. The largest absolute Gasteiger partial charge is 0.311 e. The monoisotopic (exact) mass is 228 g/mol. The maximum absolute atomic E-state index is 3.74. The highest BCUT2D eigenvalue weighted by molar-refractivity contribution is 7.98. The topological polar surface area (TPSA) is 15.3 Å². The number of nitrogens with zero attached hydrogens (tertiary/aromatic N) is 1. The molecule has 0 aromatic heterocycles. The molecular formula is C12H24N2S. The van der Waals surface area contributed by atoms with E-state index in [1.807, 2.05) is 11.8 Å². The Bertz CT molecular complexity index is 194. The van der Waals surface area contributed by atoms with Crippen molar-refractivity contribution in [3.05, 3.63) is 0 Å². The van der Waals surface area contributed by atoms with Gasteiger partial charge in [-0.1, -0.05) is 6.92 Å². The number of hydrogen-bond donors (Lipinski definition) is 1. The molecule has 1 aliphatic carbocycles. The number of nitrogens with one attached hydrogen (secondary N) is 1. The van der Waals surface area contributed by atoms with Crippen LogP contribution in [0, 0.1) is 5.92 Å². The van der Waals surface area contributed by atoms with Crippen LogP contribution in [0.2, 0.25) is 0 Å². The maximum Gasteiger partial charge on any atom is 0.0224 e. The van der Waals surface area contributed by atoms with Gasteiger partial charge < -0.3 is 5.32 Å². The Kier molecular flexibility index (Phi) is 4.35. The molecule has 1 saturated heterocycles. The van der Waals surface area contributed by atoms with Gasteiger partial charge in [-0.05, 0) is 31.4 Å². The molecule has 0 aromatic carbocycles. The molecule has 3 heteroatoms. The van der Waals surface area contributed by atoms with Crippen molar-refractivity contribution < 1.29 is 0 Å². The summed E-state index contributed by atoms with van der Waals surface area (Å²) in [5.41, 5.74) is 0. The Morgan fingerprint density at radius 2 is 2.20 bits per heavy atom. The molecule has 0 bridgehead atoms. The first-order valence-electron chi connectivity index (χ1n) is 6.31. The normalized spacial score (nSPS) is 33.2. The summed E-state index contributed by atoms with van der Waals surface area (Å²) in [6.07, 6.45) is 6.43. The average Bonchev–Trinajstić information content (AvgIpc) is 3.09. The number of piperazine rings is 1. The molecular weight excluding hydrogens is 204 g/mol. The van der Waals surface area contributed by atoms with E-state index in [2.05, 4.69) is 23.4 Å². The molecule has 15 heavy (non-hydrogen) atoms. The first-order valence-corrected chi connectivity index (χ1v) is 7.71. The van der Waals surface area contributed by atoms with E-state index in [-0.39, 0.29) is 0 Å². The highest BCUT2D eigenvalue weighted by atomic mass is 32.2. The van der Waals surface area contributed by atoms with Crippen LogP contribution in [-0.4, -0.2) is 48.6 Å². The van der Waals surface area contributed by atoms with E-state index in [0.717, 1.165) is 18.0 Å². The van der Waals surface area contributed by atoms with Crippen molar-refractivity contribution in [2.75, 3.05) is 31.6 Å². The highest BCUT2D eigenvalue weighted by Crippen LogP contribution is 2.34. The van der Waals surface area contributed by atoms with Crippen LogP contribution >= 0.6 is 11.8 Å². The van der Waals surface area contributed by atoms with Gasteiger partial charge >= 0.3 is 0 Å². The molecule has 2 atom stereocenters. The third kappa shape index (κ3) is 3.11. The molecule has 1 aliphatic heterocycles. The summed E-state index contributed by atoms with van der Waals surface area (Å²) < 4.78 is 0. The van der Waals surface area contributed by atoms with Gasteiger partial charge in [-0.2, -0.15) is 11.8 Å². The second-order valence-corrected chi connectivity index (χ2v) is 5.89. The Morgan fingerprint density at radius 3 is 2.80 bits per heavy atom. The molecule has 2 nitrogen and oxygen atoms in total. The van der Waals surface area contributed by atoms with E-state index in [9.17, 15) is 0 Å². The van der Waals surface area contributed by atoms with Gasteiger partial charge in [0.05, 0.1) is 0 Å². The zero-order chi connectivity index (χ0) is 10.7. The van der Waals surface area contributed by atoms with E-state index in [4.69, 9.17) is 0 Å². The number of rotatable bonds is 5. The summed E-state index contributed by atoms with van der Waals surface area (Å²) in [5.74, 6) is 2.29. The lowest BCUT2D eigenvalue weighted by Gasteiger charge is -2.40. The lowest BCUT2D eigenvalue weighted by molar-refractivity contribution is 0.127. The van der Waals surface area contributed by atoms with Crippen molar-refractivity contribution in [2.45, 2.75) is 38.3 Å². The van der Waals surface area contributed by atoms with Crippen molar-refractivity contribution in [3.8, 4) is 0 Å². The van der Waals surface area contributed by atoms with Crippen LogP contribution in [0.15, 0.2) is 0 Å². The molecule has 2 rings (SSSR count). The minimum absolute atomic E-state index is 0.784. The summed E-state index contributed by atoms with van der Waals surface area (Å²) in [6.45, 7) is 6.11. The smallest absolute Gasteiger partial charge is 0.0224 e. The van der Waals surface area contributed by atoms with E-state index < -0.39 is 0 Å². The first kappa shape index (κ1) is 11.7. The van der Waals surface area contributed by atoms with Gasteiger partial charge in [0.15, 0.2) is 0 Å².